The molecule has 0 bridgehead atoms. The number of nitrogens with zero attached hydrogens (tertiary/aromatic N) is 1. The molecule has 2 saturated heterocycles. The number of rotatable bonds is 4. The fourth-order valence-corrected chi connectivity index (χ4v) is 4.63. The number of hydrogen-bond donors (Lipinski definition) is 0. The molecule has 0 aromatic heterocycles. The molecular weight excluding hydrogens is 258 g/mol. The van der Waals surface area contributed by atoms with E-state index in [1.165, 1.54) is 50.3 Å². The third-order valence-electron chi connectivity index (χ3n) is 4.48. The number of carbonyl (C=O) groups is 1. The van der Waals surface area contributed by atoms with Crippen molar-refractivity contribution in [3.05, 3.63) is 0 Å². The fraction of sp³-hybridized carbons (Fsp3) is 0.933. The van der Waals surface area contributed by atoms with Crippen molar-refractivity contribution in [1.29, 1.82) is 0 Å². The van der Waals surface area contributed by atoms with E-state index in [-0.39, 0.29) is 11.5 Å². The smallest absolute Gasteiger partial charge is 0.307 e. The average Bonchev–Trinajstić information content (AvgIpc) is 2.69. The van der Waals surface area contributed by atoms with Gasteiger partial charge in [-0.2, -0.15) is 11.8 Å². The molecule has 0 spiro atoms. The molecule has 0 N–H and O–H groups in total. The average molecular weight is 285 g/mol. The van der Waals surface area contributed by atoms with E-state index in [0.717, 1.165) is 12.8 Å². The highest BCUT2D eigenvalue weighted by molar-refractivity contribution is 7.99. The molecule has 2 fully saturated rings. The maximum atomic E-state index is 12.0. The van der Waals surface area contributed by atoms with Crippen molar-refractivity contribution in [3.63, 3.8) is 0 Å². The Morgan fingerprint density at radius 1 is 1.16 bits per heavy atom. The van der Waals surface area contributed by atoms with Crippen LogP contribution >= 0.6 is 11.8 Å². The van der Waals surface area contributed by atoms with E-state index in [4.69, 9.17) is 4.74 Å². The molecule has 4 heteroatoms. The number of hydrogen-bond acceptors (Lipinski definition) is 4. The van der Waals surface area contributed by atoms with Gasteiger partial charge in [0.1, 0.15) is 0 Å². The topological polar surface area (TPSA) is 29.5 Å². The molecule has 0 aromatic carbocycles. The van der Waals surface area contributed by atoms with Gasteiger partial charge >= 0.3 is 5.97 Å². The van der Waals surface area contributed by atoms with Crippen molar-refractivity contribution in [2.45, 2.75) is 57.4 Å². The molecule has 3 nitrogen and oxygen atoms in total. The molecule has 2 rings (SSSR count). The minimum absolute atomic E-state index is 0.00125. The van der Waals surface area contributed by atoms with Crippen LogP contribution in [-0.2, 0) is 9.53 Å². The highest BCUT2D eigenvalue weighted by Crippen LogP contribution is 2.37. The van der Waals surface area contributed by atoms with Crippen LogP contribution in [0.5, 0.6) is 0 Å². The van der Waals surface area contributed by atoms with E-state index in [9.17, 15) is 4.79 Å². The number of carbonyl (C=O) groups excluding carboxylic acids is 1. The summed E-state index contributed by atoms with van der Waals surface area (Å²) in [5.41, 5.74) is 0.0991. The zero-order valence-corrected chi connectivity index (χ0v) is 13.0. The second-order valence-corrected chi connectivity index (χ2v) is 6.94. The lowest BCUT2D eigenvalue weighted by molar-refractivity contribution is -0.147. The molecule has 0 atom stereocenters. The lowest BCUT2D eigenvalue weighted by Crippen LogP contribution is -2.53. The van der Waals surface area contributed by atoms with E-state index in [0.29, 0.717) is 13.0 Å². The van der Waals surface area contributed by atoms with E-state index >= 15 is 0 Å². The van der Waals surface area contributed by atoms with Crippen molar-refractivity contribution in [3.8, 4) is 0 Å². The van der Waals surface area contributed by atoms with Crippen LogP contribution in [0.15, 0.2) is 0 Å². The fourth-order valence-electron chi connectivity index (χ4n) is 3.38. The first-order valence-electron chi connectivity index (χ1n) is 7.75. The van der Waals surface area contributed by atoms with Crippen LogP contribution in [0.1, 0.15) is 51.9 Å². The standard InChI is InChI=1S/C15H27NO2S/c1-2-18-14(17)13-15(7-11-19-12-8-15)16-9-5-3-4-6-10-16/h2-13H2,1H3. The normalized spacial score (nSPS) is 24.7. The van der Waals surface area contributed by atoms with Crippen molar-refractivity contribution in [2.75, 3.05) is 31.2 Å². The summed E-state index contributed by atoms with van der Waals surface area (Å²) in [5, 5.41) is 0. The maximum absolute atomic E-state index is 12.0. The second-order valence-electron chi connectivity index (χ2n) is 5.72. The van der Waals surface area contributed by atoms with Gasteiger partial charge < -0.3 is 4.74 Å². The molecule has 2 heterocycles. The molecular formula is C15H27NO2S. The number of esters is 1. The summed E-state index contributed by atoms with van der Waals surface area (Å²) in [6.45, 7) is 4.74. The minimum atomic E-state index is -0.00125. The number of thioether (sulfide) groups is 1. The summed E-state index contributed by atoms with van der Waals surface area (Å²) >= 11 is 2.03. The van der Waals surface area contributed by atoms with Gasteiger partial charge in [-0.15, -0.1) is 0 Å². The van der Waals surface area contributed by atoms with Crippen LogP contribution in [0.25, 0.3) is 0 Å². The summed E-state index contributed by atoms with van der Waals surface area (Å²) in [6, 6.07) is 0. The Balaban J connectivity index is 2.05. The summed E-state index contributed by atoms with van der Waals surface area (Å²) < 4.78 is 5.22. The molecule has 0 amide bonds. The quantitative estimate of drug-likeness (QED) is 0.742. The lowest BCUT2D eigenvalue weighted by Gasteiger charge is -2.45. The highest BCUT2D eigenvalue weighted by atomic mass is 32.2. The Labute approximate surface area is 121 Å². The minimum Gasteiger partial charge on any atom is -0.466 e. The third-order valence-corrected chi connectivity index (χ3v) is 5.46. The Bertz CT molecular complexity index is 282. The Hall–Kier alpha value is -0.220. The van der Waals surface area contributed by atoms with Gasteiger partial charge in [0.15, 0.2) is 0 Å². The van der Waals surface area contributed by atoms with Crippen molar-refractivity contribution >= 4 is 17.7 Å². The Kier molecular flexibility index (Phi) is 6.02. The molecule has 0 aromatic rings. The Morgan fingerprint density at radius 3 is 2.37 bits per heavy atom. The molecule has 2 aliphatic rings. The summed E-state index contributed by atoms with van der Waals surface area (Å²) in [6.07, 6.45) is 8.17. The zero-order valence-electron chi connectivity index (χ0n) is 12.2. The Morgan fingerprint density at radius 2 is 1.79 bits per heavy atom. The van der Waals surface area contributed by atoms with E-state index < -0.39 is 0 Å². The van der Waals surface area contributed by atoms with Gasteiger partial charge in [-0.05, 0) is 57.2 Å². The summed E-state index contributed by atoms with van der Waals surface area (Å²) in [7, 11) is 0. The van der Waals surface area contributed by atoms with E-state index in [1.54, 1.807) is 0 Å². The van der Waals surface area contributed by atoms with Crippen LogP contribution < -0.4 is 0 Å². The van der Waals surface area contributed by atoms with E-state index in [1.807, 2.05) is 18.7 Å². The van der Waals surface area contributed by atoms with Crippen LogP contribution in [0.2, 0.25) is 0 Å². The number of ether oxygens (including phenoxy) is 1. The van der Waals surface area contributed by atoms with Crippen LogP contribution in [0, 0.1) is 0 Å². The van der Waals surface area contributed by atoms with Crippen molar-refractivity contribution in [2.24, 2.45) is 0 Å². The molecule has 0 unspecified atom stereocenters. The van der Waals surface area contributed by atoms with Gasteiger partial charge in [-0.25, -0.2) is 0 Å². The SMILES string of the molecule is CCOC(=O)CC1(N2CCCCCC2)CCSCC1. The van der Waals surface area contributed by atoms with Gasteiger partial charge in [0.25, 0.3) is 0 Å². The molecule has 0 saturated carbocycles. The lowest BCUT2D eigenvalue weighted by atomic mass is 9.86. The first-order valence-corrected chi connectivity index (χ1v) is 8.91. The summed E-state index contributed by atoms with van der Waals surface area (Å²) in [4.78, 5) is 14.6. The first kappa shape index (κ1) is 15.2. The van der Waals surface area contributed by atoms with Gasteiger partial charge in [0.2, 0.25) is 0 Å². The van der Waals surface area contributed by atoms with Gasteiger partial charge in [-0.3, -0.25) is 9.69 Å². The van der Waals surface area contributed by atoms with Crippen LogP contribution in [0.3, 0.4) is 0 Å². The maximum Gasteiger partial charge on any atom is 0.307 e. The molecule has 0 aliphatic carbocycles. The van der Waals surface area contributed by atoms with Crippen molar-refractivity contribution in [1.82, 2.24) is 4.90 Å². The van der Waals surface area contributed by atoms with Gasteiger partial charge in [0, 0.05) is 5.54 Å². The first-order chi connectivity index (χ1) is 9.27. The largest absolute Gasteiger partial charge is 0.466 e. The zero-order chi connectivity index (χ0) is 13.6. The van der Waals surface area contributed by atoms with Gasteiger partial charge in [0.05, 0.1) is 13.0 Å². The number of likely N-dealkylation sites (tertiary alicyclic amines) is 1. The molecule has 110 valence electrons. The predicted octanol–water partition coefficient (Wildman–Crippen LogP) is 3.08. The predicted molar refractivity (Wildman–Crippen MR) is 80.6 cm³/mol. The van der Waals surface area contributed by atoms with Crippen LogP contribution in [-0.4, -0.2) is 47.6 Å². The second kappa shape index (κ2) is 7.53. The third kappa shape index (κ3) is 4.12. The highest BCUT2D eigenvalue weighted by Gasteiger charge is 2.40. The monoisotopic (exact) mass is 285 g/mol. The molecule has 2 aliphatic heterocycles. The molecule has 19 heavy (non-hydrogen) atoms. The summed E-state index contributed by atoms with van der Waals surface area (Å²) in [5.74, 6) is 2.38. The van der Waals surface area contributed by atoms with E-state index in [2.05, 4.69) is 4.90 Å². The van der Waals surface area contributed by atoms with Crippen LogP contribution in [0.4, 0.5) is 0 Å². The molecule has 0 radical (unpaired) electrons. The van der Waals surface area contributed by atoms with Gasteiger partial charge in [-0.1, -0.05) is 12.8 Å². The van der Waals surface area contributed by atoms with Crippen molar-refractivity contribution < 1.29 is 9.53 Å².